The number of rotatable bonds is 13. The van der Waals surface area contributed by atoms with E-state index in [1.54, 1.807) is 46.4 Å². The summed E-state index contributed by atoms with van der Waals surface area (Å²) in [6.45, 7) is 16.6. The van der Waals surface area contributed by atoms with Crippen LogP contribution in [0.3, 0.4) is 0 Å². The fourth-order valence-electron chi connectivity index (χ4n) is 5.23. The number of aryl methyl sites for hydroxylation is 1. The van der Waals surface area contributed by atoms with Crippen molar-refractivity contribution < 1.29 is 28.7 Å². The molecule has 1 fully saturated rings. The number of nitrogens with zero attached hydrogens (tertiary/aromatic N) is 1. The zero-order chi connectivity index (χ0) is 34.2. The van der Waals surface area contributed by atoms with E-state index in [0.29, 0.717) is 12.0 Å². The average molecular weight is 636 g/mol. The van der Waals surface area contributed by atoms with E-state index in [-0.39, 0.29) is 24.3 Å². The first-order valence-electron chi connectivity index (χ1n) is 16.4. The highest BCUT2D eigenvalue weighted by Gasteiger charge is 2.45. The van der Waals surface area contributed by atoms with E-state index in [9.17, 15) is 19.2 Å². The molecule has 0 bridgehead atoms. The van der Waals surface area contributed by atoms with Crippen LogP contribution in [0.1, 0.15) is 104 Å². The molecule has 3 atom stereocenters. The first-order valence-corrected chi connectivity index (χ1v) is 16.4. The van der Waals surface area contributed by atoms with Gasteiger partial charge in [-0.15, -0.1) is 0 Å². The fourth-order valence-corrected chi connectivity index (χ4v) is 5.23. The van der Waals surface area contributed by atoms with Crippen molar-refractivity contribution in [1.29, 1.82) is 0 Å². The van der Waals surface area contributed by atoms with Gasteiger partial charge in [0.2, 0.25) is 11.8 Å². The molecule has 3 rings (SSSR count). The Hall–Kier alpha value is -3.88. The Balaban J connectivity index is 2.04. The summed E-state index contributed by atoms with van der Waals surface area (Å²) in [6, 6.07) is 13.9. The Morgan fingerprint density at radius 1 is 0.804 bits per heavy atom. The summed E-state index contributed by atoms with van der Waals surface area (Å²) >= 11 is 0. The van der Waals surface area contributed by atoms with E-state index in [0.717, 1.165) is 30.4 Å². The lowest BCUT2D eigenvalue weighted by atomic mass is 9.97. The molecule has 2 aromatic carbocycles. The summed E-state index contributed by atoms with van der Waals surface area (Å²) in [5, 5.41) is 5.76. The van der Waals surface area contributed by atoms with Crippen LogP contribution >= 0.6 is 0 Å². The van der Waals surface area contributed by atoms with E-state index in [1.165, 1.54) is 0 Å². The Bertz CT molecular complexity index is 1320. The van der Waals surface area contributed by atoms with Gasteiger partial charge in [0.05, 0.1) is 0 Å². The van der Waals surface area contributed by atoms with E-state index in [2.05, 4.69) is 10.6 Å². The summed E-state index contributed by atoms with van der Waals surface area (Å²) in [7, 11) is 0. The van der Waals surface area contributed by atoms with Crippen LogP contribution in [0.5, 0.6) is 0 Å². The van der Waals surface area contributed by atoms with Gasteiger partial charge in [-0.05, 0) is 89.8 Å². The normalized spacial score (nSPS) is 15.3. The average Bonchev–Trinajstić information content (AvgIpc) is 3.78. The van der Waals surface area contributed by atoms with Gasteiger partial charge < -0.3 is 25.0 Å². The molecule has 0 radical (unpaired) electrons. The highest BCUT2D eigenvalue weighted by atomic mass is 16.6. The number of benzene rings is 2. The highest BCUT2D eigenvalue weighted by molar-refractivity contribution is 5.94. The molecule has 0 heterocycles. The van der Waals surface area contributed by atoms with Gasteiger partial charge in [-0.3, -0.25) is 9.59 Å². The fraction of sp³-hybridized carbons (Fsp3) is 0.568. The topological polar surface area (TPSA) is 114 Å². The van der Waals surface area contributed by atoms with Gasteiger partial charge in [0, 0.05) is 12.5 Å². The molecule has 1 aliphatic carbocycles. The van der Waals surface area contributed by atoms with Gasteiger partial charge in [0.15, 0.2) is 0 Å². The van der Waals surface area contributed by atoms with Crippen LogP contribution in [0.2, 0.25) is 0 Å². The number of carbonyl (C=O) groups excluding carboxylic acids is 4. The van der Waals surface area contributed by atoms with Gasteiger partial charge in [0.1, 0.15) is 29.3 Å². The van der Waals surface area contributed by atoms with Crippen LogP contribution in [0, 0.1) is 5.92 Å². The largest absolute Gasteiger partial charge is 0.458 e. The van der Waals surface area contributed by atoms with Gasteiger partial charge >= 0.3 is 12.1 Å². The zero-order valence-electron chi connectivity index (χ0n) is 29.0. The highest BCUT2D eigenvalue weighted by Crippen LogP contribution is 2.36. The lowest BCUT2D eigenvalue weighted by Crippen LogP contribution is -2.55. The number of ether oxygens (including phenoxy) is 2. The van der Waals surface area contributed by atoms with Gasteiger partial charge in [0.25, 0.3) is 0 Å². The zero-order valence-corrected chi connectivity index (χ0v) is 29.0. The molecule has 0 saturated heterocycles. The van der Waals surface area contributed by atoms with Gasteiger partial charge in [-0.1, -0.05) is 75.4 Å². The number of amides is 3. The minimum atomic E-state index is -1.04. The molecule has 3 unspecified atom stereocenters. The summed E-state index contributed by atoms with van der Waals surface area (Å²) in [5.41, 5.74) is 1.06. The van der Waals surface area contributed by atoms with Crippen LogP contribution in [0.15, 0.2) is 54.6 Å². The molecule has 252 valence electrons. The number of hydrogen-bond donors (Lipinski definition) is 2. The number of alkyl carbamates (subject to hydrolysis) is 1. The monoisotopic (exact) mass is 635 g/mol. The third-order valence-electron chi connectivity index (χ3n) is 7.41. The van der Waals surface area contributed by atoms with Crippen LogP contribution in [-0.4, -0.2) is 58.1 Å². The Labute approximate surface area is 274 Å². The minimum absolute atomic E-state index is 0.0727. The van der Waals surface area contributed by atoms with Crippen molar-refractivity contribution in [1.82, 2.24) is 15.5 Å². The molecular weight excluding hydrogens is 582 g/mol. The summed E-state index contributed by atoms with van der Waals surface area (Å²) in [5.74, 6) is -1.34. The van der Waals surface area contributed by atoms with Crippen molar-refractivity contribution >= 4 is 23.9 Å². The first kappa shape index (κ1) is 36.6. The summed E-state index contributed by atoms with van der Waals surface area (Å²) in [4.78, 5) is 56.9. The number of hydrogen-bond acceptors (Lipinski definition) is 6. The van der Waals surface area contributed by atoms with Crippen LogP contribution in [0.4, 0.5) is 4.79 Å². The quantitative estimate of drug-likeness (QED) is 0.250. The van der Waals surface area contributed by atoms with Gasteiger partial charge in [-0.2, -0.15) is 0 Å². The van der Waals surface area contributed by atoms with Gasteiger partial charge in [-0.25, -0.2) is 9.59 Å². The Morgan fingerprint density at radius 3 is 1.89 bits per heavy atom. The maximum Gasteiger partial charge on any atom is 0.408 e. The number of nitrogens with one attached hydrogen (secondary N) is 2. The number of esters is 1. The molecule has 0 spiro atoms. The second kappa shape index (κ2) is 15.6. The lowest BCUT2D eigenvalue weighted by Gasteiger charge is -2.36. The molecule has 9 nitrogen and oxygen atoms in total. The van der Waals surface area contributed by atoms with Crippen LogP contribution in [-0.2, 0) is 36.7 Å². The van der Waals surface area contributed by atoms with Crippen LogP contribution < -0.4 is 10.6 Å². The number of carbonyl (C=O) groups is 4. The predicted octanol–water partition coefficient (Wildman–Crippen LogP) is 6.29. The second-order valence-corrected chi connectivity index (χ2v) is 14.6. The standard InChI is InChI=1S/C37H53N3O6/c1-10-25-16-18-27(19-17-25)31(32(41)38-30(34(43)45-36(4,5)6)23-26-14-12-11-13-15-26)40(28-20-21-28)33(42)29(22-24(2)3)39-35(44)46-37(7,8)9/h11-19,24,28-31H,10,20-23H2,1-9H3,(H,38,41)(H,39,44). The Kier molecular flexibility index (Phi) is 12.4. The SMILES string of the molecule is CCc1ccc(C(C(=O)NC(Cc2ccccc2)C(=O)OC(C)(C)C)N(C(=O)C(CC(C)C)NC(=O)OC(C)(C)C)C2CC2)cc1. The molecule has 46 heavy (non-hydrogen) atoms. The van der Waals surface area contributed by atoms with Crippen molar-refractivity contribution in [2.45, 2.75) is 130 Å². The first-order chi connectivity index (χ1) is 21.5. The van der Waals surface area contributed by atoms with E-state index >= 15 is 0 Å². The van der Waals surface area contributed by atoms with E-state index in [1.807, 2.05) is 75.4 Å². The van der Waals surface area contributed by atoms with Crippen molar-refractivity contribution in [3.8, 4) is 0 Å². The predicted molar refractivity (Wildman–Crippen MR) is 179 cm³/mol. The molecule has 0 aromatic heterocycles. The molecule has 2 N–H and O–H groups in total. The minimum Gasteiger partial charge on any atom is -0.458 e. The summed E-state index contributed by atoms with van der Waals surface area (Å²) < 4.78 is 11.2. The molecule has 0 aliphatic heterocycles. The smallest absolute Gasteiger partial charge is 0.408 e. The maximum absolute atomic E-state index is 14.5. The second-order valence-electron chi connectivity index (χ2n) is 14.6. The molecule has 9 heteroatoms. The van der Waals surface area contributed by atoms with Crippen LogP contribution in [0.25, 0.3) is 0 Å². The van der Waals surface area contributed by atoms with Crippen molar-refractivity contribution in [3.05, 3.63) is 71.3 Å². The molecular formula is C37H53N3O6. The van der Waals surface area contributed by atoms with Crippen molar-refractivity contribution in [3.63, 3.8) is 0 Å². The maximum atomic E-state index is 14.5. The van der Waals surface area contributed by atoms with Crippen molar-refractivity contribution in [2.24, 2.45) is 5.92 Å². The molecule has 3 amide bonds. The van der Waals surface area contributed by atoms with Crippen molar-refractivity contribution in [2.75, 3.05) is 0 Å². The molecule has 1 aliphatic rings. The third-order valence-corrected chi connectivity index (χ3v) is 7.41. The molecule has 2 aromatic rings. The molecule has 1 saturated carbocycles. The van der Waals surface area contributed by atoms with E-state index in [4.69, 9.17) is 9.47 Å². The Morgan fingerprint density at radius 2 is 1.39 bits per heavy atom. The summed E-state index contributed by atoms with van der Waals surface area (Å²) in [6.07, 6.45) is 2.15. The third kappa shape index (κ3) is 11.5. The van der Waals surface area contributed by atoms with E-state index < -0.39 is 47.3 Å². The lowest BCUT2D eigenvalue weighted by molar-refractivity contribution is -0.159.